The van der Waals surface area contributed by atoms with Crippen molar-refractivity contribution < 1.29 is 14.6 Å². The third-order valence-electron chi connectivity index (χ3n) is 3.74. The van der Waals surface area contributed by atoms with Crippen LogP contribution in [0.2, 0.25) is 0 Å². The van der Waals surface area contributed by atoms with E-state index in [4.69, 9.17) is 4.74 Å². The summed E-state index contributed by atoms with van der Waals surface area (Å²) in [5.41, 5.74) is -0.182. The van der Waals surface area contributed by atoms with E-state index in [9.17, 15) is 9.90 Å². The van der Waals surface area contributed by atoms with Crippen molar-refractivity contribution in [2.75, 3.05) is 20.2 Å². The second-order valence-corrected chi connectivity index (χ2v) is 5.22. The Balaban J connectivity index is 2.63. The van der Waals surface area contributed by atoms with Gasteiger partial charge >= 0.3 is 5.97 Å². The maximum Gasteiger partial charge on any atom is 0.320 e. The van der Waals surface area contributed by atoms with Crippen molar-refractivity contribution in [1.82, 2.24) is 4.90 Å². The molecular weight excluding hydrogens is 218 g/mol. The highest BCUT2D eigenvalue weighted by Crippen LogP contribution is 2.26. The molecule has 1 aliphatic rings. The maximum absolute atomic E-state index is 11.3. The minimum absolute atomic E-state index is 0.182. The molecule has 0 amide bonds. The fourth-order valence-electron chi connectivity index (χ4n) is 2.54. The molecule has 100 valence electrons. The number of hydrogen-bond donors (Lipinski definition) is 1. The van der Waals surface area contributed by atoms with Gasteiger partial charge in [-0.3, -0.25) is 9.69 Å². The average molecular weight is 243 g/mol. The maximum atomic E-state index is 11.3. The second-order valence-electron chi connectivity index (χ2n) is 5.22. The zero-order valence-electron chi connectivity index (χ0n) is 11.2. The monoisotopic (exact) mass is 243 g/mol. The van der Waals surface area contributed by atoms with Crippen LogP contribution in [0, 0.1) is 0 Å². The summed E-state index contributed by atoms with van der Waals surface area (Å²) >= 11 is 0. The first-order chi connectivity index (χ1) is 8.02. The number of carboxylic acid groups (broad SMARTS) is 1. The number of carbonyl (C=O) groups is 1. The highest BCUT2D eigenvalue weighted by Gasteiger charge is 2.36. The normalized spacial score (nSPS) is 27.9. The SMILES string of the molecule is CCCCC(C(=O)O)N1CCCC(C)(OC)C1. The first-order valence-electron chi connectivity index (χ1n) is 6.54. The zero-order chi connectivity index (χ0) is 12.9. The average Bonchev–Trinajstić information content (AvgIpc) is 2.29. The second kappa shape index (κ2) is 6.36. The van der Waals surface area contributed by atoms with Crippen molar-refractivity contribution >= 4 is 5.97 Å². The van der Waals surface area contributed by atoms with Crippen molar-refractivity contribution in [3.05, 3.63) is 0 Å². The van der Waals surface area contributed by atoms with E-state index < -0.39 is 5.97 Å². The van der Waals surface area contributed by atoms with Gasteiger partial charge in [-0.15, -0.1) is 0 Å². The van der Waals surface area contributed by atoms with Crippen molar-refractivity contribution in [3.63, 3.8) is 0 Å². The summed E-state index contributed by atoms with van der Waals surface area (Å²) in [5.74, 6) is -0.696. The number of likely N-dealkylation sites (tertiary alicyclic amines) is 1. The fraction of sp³-hybridized carbons (Fsp3) is 0.923. The molecule has 1 saturated heterocycles. The lowest BCUT2D eigenvalue weighted by molar-refractivity contribution is -0.147. The predicted molar refractivity (Wildman–Crippen MR) is 67.2 cm³/mol. The van der Waals surface area contributed by atoms with Gasteiger partial charge in [0, 0.05) is 13.7 Å². The highest BCUT2D eigenvalue weighted by atomic mass is 16.5. The Morgan fingerprint density at radius 1 is 1.59 bits per heavy atom. The molecule has 1 heterocycles. The molecule has 0 radical (unpaired) electrons. The summed E-state index contributed by atoms with van der Waals surface area (Å²) in [4.78, 5) is 13.4. The van der Waals surface area contributed by atoms with Crippen LogP contribution in [-0.4, -0.2) is 47.8 Å². The standard InChI is InChI=1S/C13H25NO3/c1-4-5-7-11(12(15)16)14-9-6-8-13(2,10-14)17-3/h11H,4-10H2,1-3H3,(H,15,16). The number of rotatable bonds is 6. The molecule has 1 fully saturated rings. The minimum atomic E-state index is -0.696. The van der Waals surface area contributed by atoms with Gasteiger partial charge in [0.05, 0.1) is 5.60 Å². The summed E-state index contributed by atoms with van der Waals surface area (Å²) in [6, 6.07) is -0.343. The lowest BCUT2D eigenvalue weighted by Crippen LogP contribution is -2.53. The van der Waals surface area contributed by atoms with E-state index >= 15 is 0 Å². The van der Waals surface area contributed by atoms with E-state index in [0.29, 0.717) is 0 Å². The van der Waals surface area contributed by atoms with E-state index in [0.717, 1.165) is 45.2 Å². The molecule has 4 heteroatoms. The molecule has 2 unspecified atom stereocenters. The number of carboxylic acids is 1. The molecular formula is C13H25NO3. The Hall–Kier alpha value is -0.610. The fourth-order valence-corrected chi connectivity index (χ4v) is 2.54. The third kappa shape index (κ3) is 3.96. The summed E-state index contributed by atoms with van der Waals surface area (Å²) in [5, 5.41) is 9.31. The molecule has 4 nitrogen and oxygen atoms in total. The lowest BCUT2D eigenvalue weighted by atomic mass is 9.92. The smallest absolute Gasteiger partial charge is 0.320 e. The molecule has 2 atom stereocenters. The van der Waals surface area contributed by atoms with E-state index in [1.165, 1.54) is 0 Å². The first-order valence-corrected chi connectivity index (χ1v) is 6.54. The van der Waals surface area contributed by atoms with Crippen LogP contribution >= 0.6 is 0 Å². The topological polar surface area (TPSA) is 49.8 Å². The van der Waals surface area contributed by atoms with Crippen LogP contribution in [0.1, 0.15) is 46.0 Å². The molecule has 0 bridgehead atoms. The van der Waals surface area contributed by atoms with Crippen molar-refractivity contribution in [3.8, 4) is 0 Å². The Morgan fingerprint density at radius 2 is 2.29 bits per heavy atom. The summed E-state index contributed by atoms with van der Waals surface area (Å²) < 4.78 is 5.51. The van der Waals surface area contributed by atoms with Gasteiger partial charge in [-0.2, -0.15) is 0 Å². The number of methoxy groups -OCH3 is 1. The zero-order valence-corrected chi connectivity index (χ0v) is 11.2. The number of piperidine rings is 1. The quantitative estimate of drug-likeness (QED) is 0.776. The van der Waals surface area contributed by atoms with E-state index in [1.807, 2.05) is 0 Å². The van der Waals surface area contributed by atoms with Gasteiger partial charge in [-0.25, -0.2) is 0 Å². The van der Waals surface area contributed by atoms with Gasteiger partial charge in [-0.1, -0.05) is 19.8 Å². The molecule has 0 saturated carbocycles. The van der Waals surface area contributed by atoms with E-state index in [1.54, 1.807) is 7.11 Å². The number of nitrogens with zero attached hydrogens (tertiary/aromatic N) is 1. The molecule has 0 aromatic rings. The van der Waals surface area contributed by atoms with Crippen molar-refractivity contribution in [2.45, 2.75) is 57.6 Å². The number of aliphatic carboxylic acids is 1. The largest absolute Gasteiger partial charge is 0.480 e. The Labute approximate surface area is 104 Å². The van der Waals surface area contributed by atoms with Gasteiger partial charge in [-0.05, 0) is 32.7 Å². The molecule has 0 aromatic heterocycles. The van der Waals surface area contributed by atoms with E-state index in [2.05, 4.69) is 18.7 Å². The van der Waals surface area contributed by atoms with Crippen LogP contribution in [0.25, 0.3) is 0 Å². The van der Waals surface area contributed by atoms with E-state index in [-0.39, 0.29) is 11.6 Å². The molecule has 0 aliphatic carbocycles. The first kappa shape index (κ1) is 14.5. The lowest BCUT2D eigenvalue weighted by Gasteiger charge is -2.41. The molecule has 1 rings (SSSR count). The van der Waals surface area contributed by atoms with Crippen LogP contribution in [0.3, 0.4) is 0 Å². The molecule has 1 N–H and O–H groups in total. The predicted octanol–water partition coefficient (Wildman–Crippen LogP) is 2.13. The van der Waals surface area contributed by atoms with Crippen molar-refractivity contribution in [1.29, 1.82) is 0 Å². The van der Waals surface area contributed by atoms with Crippen LogP contribution in [0.5, 0.6) is 0 Å². The number of hydrogen-bond acceptors (Lipinski definition) is 3. The molecule has 17 heavy (non-hydrogen) atoms. The van der Waals surface area contributed by atoms with Gasteiger partial charge in [0.15, 0.2) is 0 Å². The molecule has 0 spiro atoms. The van der Waals surface area contributed by atoms with Crippen LogP contribution in [-0.2, 0) is 9.53 Å². The van der Waals surface area contributed by atoms with Crippen LogP contribution in [0.15, 0.2) is 0 Å². The third-order valence-corrected chi connectivity index (χ3v) is 3.74. The van der Waals surface area contributed by atoms with Crippen LogP contribution in [0.4, 0.5) is 0 Å². The Bertz CT molecular complexity index is 257. The summed E-state index contributed by atoms with van der Waals surface area (Å²) in [7, 11) is 1.71. The summed E-state index contributed by atoms with van der Waals surface area (Å²) in [6.07, 6.45) is 4.78. The number of unbranched alkanes of at least 4 members (excludes halogenated alkanes) is 1. The van der Waals surface area contributed by atoms with Crippen LogP contribution < -0.4 is 0 Å². The van der Waals surface area contributed by atoms with Gasteiger partial charge in [0.2, 0.25) is 0 Å². The molecule has 1 aliphatic heterocycles. The Kier molecular flexibility index (Phi) is 5.40. The highest BCUT2D eigenvalue weighted by molar-refractivity contribution is 5.73. The van der Waals surface area contributed by atoms with Gasteiger partial charge in [0.25, 0.3) is 0 Å². The van der Waals surface area contributed by atoms with Gasteiger partial charge < -0.3 is 9.84 Å². The van der Waals surface area contributed by atoms with Gasteiger partial charge in [0.1, 0.15) is 6.04 Å². The number of ether oxygens (including phenoxy) is 1. The summed E-state index contributed by atoms with van der Waals surface area (Å²) in [6.45, 7) is 5.76. The minimum Gasteiger partial charge on any atom is -0.480 e. The molecule has 0 aromatic carbocycles. The Morgan fingerprint density at radius 3 is 2.82 bits per heavy atom. The van der Waals surface area contributed by atoms with Crippen molar-refractivity contribution in [2.24, 2.45) is 0 Å².